The molecule has 0 unspecified atom stereocenters. The molecule has 5 heteroatoms. The maximum absolute atomic E-state index is 13.1. The van der Waals surface area contributed by atoms with E-state index in [0.29, 0.717) is 5.75 Å². The second-order valence-electron chi connectivity index (χ2n) is 4.76. The van der Waals surface area contributed by atoms with Gasteiger partial charge in [-0.25, -0.2) is 9.37 Å². The molecule has 1 aromatic heterocycles. The SMILES string of the molecule is NC(=O)c1cc(F)cnc1Oc1ccc2c(c1)CCC2. The maximum atomic E-state index is 13.1. The molecular weight excluding hydrogens is 259 g/mol. The number of primary amides is 1. The third-order valence-electron chi connectivity index (χ3n) is 3.37. The van der Waals surface area contributed by atoms with E-state index >= 15 is 0 Å². The highest BCUT2D eigenvalue weighted by Crippen LogP contribution is 2.29. The molecule has 0 bridgehead atoms. The molecule has 1 amide bonds. The Balaban J connectivity index is 1.93. The molecule has 1 aliphatic rings. The molecule has 20 heavy (non-hydrogen) atoms. The van der Waals surface area contributed by atoms with E-state index in [2.05, 4.69) is 4.98 Å². The van der Waals surface area contributed by atoms with Gasteiger partial charge in [-0.2, -0.15) is 0 Å². The summed E-state index contributed by atoms with van der Waals surface area (Å²) in [4.78, 5) is 15.1. The van der Waals surface area contributed by atoms with Crippen LogP contribution in [0.2, 0.25) is 0 Å². The molecule has 2 N–H and O–H groups in total. The molecule has 0 aliphatic heterocycles. The van der Waals surface area contributed by atoms with Crippen LogP contribution in [0.5, 0.6) is 11.6 Å². The summed E-state index contributed by atoms with van der Waals surface area (Å²) in [5.41, 5.74) is 7.70. The Morgan fingerprint density at radius 2 is 2.05 bits per heavy atom. The van der Waals surface area contributed by atoms with E-state index in [-0.39, 0.29) is 11.4 Å². The number of halogens is 1. The summed E-state index contributed by atoms with van der Waals surface area (Å²) >= 11 is 0. The first-order valence-electron chi connectivity index (χ1n) is 6.38. The second kappa shape index (κ2) is 4.92. The van der Waals surface area contributed by atoms with E-state index in [0.717, 1.165) is 31.5 Å². The van der Waals surface area contributed by atoms with E-state index in [1.807, 2.05) is 18.2 Å². The largest absolute Gasteiger partial charge is 0.438 e. The fraction of sp³-hybridized carbons (Fsp3) is 0.200. The van der Waals surface area contributed by atoms with Gasteiger partial charge in [0, 0.05) is 0 Å². The van der Waals surface area contributed by atoms with Crippen molar-refractivity contribution in [2.24, 2.45) is 5.73 Å². The van der Waals surface area contributed by atoms with E-state index in [1.54, 1.807) is 0 Å². The van der Waals surface area contributed by atoms with E-state index in [1.165, 1.54) is 11.1 Å². The lowest BCUT2D eigenvalue weighted by Gasteiger charge is -2.09. The zero-order valence-corrected chi connectivity index (χ0v) is 10.7. The summed E-state index contributed by atoms with van der Waals surface area (Å²) in [6, 6.07) is 6.78. The van der Waals surface area contributed by atoms with Crippen LogP contribution in [0, 0.1) is 5.82 Å². The molecule has 3 rings (SSSR count). The lowest BCUT2D eigenvalue weighted by molar-refractivity contribution is 0.0997. The Hall–Kier alpha value is -2.43. The molecule has 1 heterocycles. The van der Waals surface area contributed by atoms with Gasteiger partial charge in [-0.3, -0.25) is 4.79 Å². The molecule has 0 atom stereocenters. The van der Waals surface area contributed by atoms with Gasteiger partial charge in [0.05, 0.1) is 6.20 Å². The molecule has 1 aliphatic carbocycles. The van der Waals surface area contributed by atoms with Crippen molar-refractivity contribution in [1.82, 2.24) is 4.98 Å². The van der Waals surface area contributed by atoms with Crippen molar-refractivity contribution in [3.05, 3.63) is 53.0 Å². The third kappa shape index (κ3) is 2.34. The Bertz CT molecular complexity index is 686. The Morgan fingerprint density at radius 3 is 2.85 bits per heavy atom. The van der Waals surface area contributed by atoms with Crippen LogP contribution in [0.3, 0.4) is 0 Å². The number of pyridine rings is 1. The van der Waals surface area contributed by atoms with Gasteiger partial charge in [-0.1, -0.05) is 6.07 Å². The number of carbonyl (C=O) groups excluding carboxylic acids is 1. The smallest absolute Gasteiger partial charge is 0.254 e. The van der Waals surface area contributed by atoms with Crippen LogP contribution < -0.4 is 10.5 Å². The van der Waals surface area contributed by atoms with Crippen molar-refractivity contribution in [1.29, 1.82) is 0 Å². The number of ether oxygens (including phenoxy) is 1. The molecule has 2 aromatic rings. The van der Waals surface area contributed by atoms with Crippen LogP contribution >= 0.6 is 0 Å². The fourth-order valence-corrected chi connectivity index (χ4v) is 2.41. The van der Waals surface area contributed by atoms with Crippen LogP contribution in [-0.4, -0.2) is 10.9 Å². The Morgan fingerprint density at radius 1 is 1.25 bits per heavy atom. The van der Waals surface area contributed by atoms with Crippen molar-refractivity contribution < 1.29 is 13.9 Å². The summed E-state index contributed by atoms with van der Waals surface area (Å²) in [7, 11) is 0. The predicted molar refractivity (Wildman–Crippen MR) is 71.3 cm³/mol. The molecule has 0 fully saturated rings. The summed E-state index contributed by atoms with van der Waals surface area (Å²) in [5, 5.41) is 0. The van der Waals surface area contributed by atoms with Crippen molar-refractivity contribution in [3.63, 3.8) is 0 Å². The number of aryl methyl sites for hydroxylation is 2. The van der Waals surface area contributed by atoms with Crippen LogP contribution in [0.15, 0.2) is 30.5 Å². The normalized spacial score (nSPS) is 13.1. The van der Waals surface area contributed by atoms with E-state index in [4.69, 9.17) is 10.5 Å². The lowest BCUT2D eigenvalue weighted by atomic mass is 10.1. The summed E-state index contributed by atoms with van der Waals surface area (Å²) in [6.45, 7) is 0. The highest BCUT2D eigenvalue weighted by atomic mass is 19.1. The van der Waals surface area contributed by atoms with Gasteiger partial charge in [0.15, 0.2) is 0 Å². The zero-order valence-electron chi connectivity index (χ0n) is 10.7. The number of rotatable bonds is 3. The molecule has 0 saturated heterocycles. The number of nitrogens with two attached hydrogens (primary N) is 1. The first-order valence-corrected chi connectivity index (χ1v) is 6.38. The number of benzene rings is 1. The van der Waals surface area contributed by atoms with Crippen LogP contribution in [0.4, 0.5) is 4.39 Å². The highest BCUT2D eigenvalue weighted by Gasteiger charge is 2.15. The number of hydrogen-bond acceptors (Lipinski definition) is 3. The topological polar surface area (TPSA) is 65.2 Å². The monoisotopic (exact) mass is 272 g/mol. The minimum absolute atomic E-state index is 0.0249. The zero-order chi connectivity index (χ0) is 14.1. The lowest BCUT2D eigenvalue weighted by Crippen LogP contribution is -2.13. The maximum Gasteiger partial charge on any atom is 0.254 e. The van der Waals surface area contributed by atoms with E-state index < -0.39 is 11.7 Å². The first kappa shape index (κ1) is 12.6. The van der Waals surface area contributed by atoms with Crippen molar-refractivity contribution in [2.75, 3.05) is 0 Å². The van der Waals surface area contributed by atoms with Gasteiger partial charge in [0.25, 0.3) is 5.91 Å². The van der Waals surface area contributed by atoms with Gasteiger partial charge in [-0.05, 0) is 48.6 Å². The molecule has 4 nitrogen and oxygen atoms in total. The molecule has 0 spiro atoms. The molecule has 0 radical (unpaired) electrons. The van der Waals surface area contributed by atoms with Gasteiger partial charge in [-0.15, -0.1) is 0 Å². The van der Waals surface area contributed by atoms with Gasteiger partial charge in [0.1, 0.15) is 17.1 Å². The van der Waals surface area contributed by atoms with Gasteiger partial charge < -0.3 is 10.5 Å². The number of aromatic nitrogens is 1. The first-order chi connectivity index (χ1) is 9.63. The van der Waals surface area contributed by atoms with Gasteiger partial charge >= 0.3 is 0 Å². The van der Waals surface area contributed by atoms with Crippen molar-refractivity contribution >= 4 is 5.91 Å². The molecule has 0 saturated carbocycles. The van der Waals surface area contributed by atoms with Crippen LogP contribution in [-0.2, 0) is 12.8 Å². The highest BCUT2D eigenvalue weighted by molar-refractivity contribution is 5.95. The standard InChI is InChI=1S/C15H13FN2O2/c16-11-7-13(14(17)19)15(18-8-11)20-12-5-4-9-2-1-3-10(9)6-12/h4-8H,1-3H2,(H2,17,19). The minimum Gasteiger partial charge on any atom is -0.438 e. The quantitative estimate of drug-likeness (QED) is 0.934. The average Bonchev–Trinajstić information content (AvgIpc) is 2.88. The van der Waals surface area contributed by atoms with Crippen LogP contribution in [0.25, 0.3) is 0 Å². The second-order valence-corrected chi connectivity index (χ2v) is 4.76. The molecular formula is C15H13FN2O2. The summed E-state index contributed by atoms with van der Waals surface area (Å²) < 4.78 is 18.7. The summed E-state index contributed by atoms with van der Waals surface area (Å²) in [5.74, 6) is -0.794. The Kier molecular flexibility index (Phi) is 3.10. The third-order valence-corrected chi connectivity index (χ3v) is 3.37. The number of nitrogens with zero attached hydrogens (tertiary/aromatic N) is 1. The summed E-state index contributed by atoms with van der Waals surface area (Å²) in [6.07, 6.45) is 4.23. The predicted octanol–water partition coefficient (Wildman–Crippen LogP) is 2.60. The van der Waals surface area contributed by atoms with Gasteiger partial charge in [0.2, 0.25) is 5.88 Å². The van der Waals surface area contributed by atoms with Crippen LogP contribution in [0.1, 0.15) is 27.9 Å². The number of fused-ring (bicyclic) bond motifs is 1. The molecule has 102 valence electrons. The Labute approximate surface area is 115 Å². The minimum atomic E-state index is -0.770. The van der Waals surface area contributed by atoms with Crippen molar-refractivity contribution in [3.8, 4) is 11.6 Å². The van der Waals surface area contributed by atoms with E-state index in [9.17, 15) is 9.18 Å². The average molecular weight is 272 g/mol. The number of amides is 1. The molecule has 1 aromatic carbocycles. The number of carbonyl (C=O) groups is 1. The fourth-order valence-electron chi connectivity index (χ4n) is 2.41. The number of hydrogen-bond donors (Lipinski definition) is 1. The van der Waals surface area contributed by atoms with Crippen molar-refractivity contribution in [2.45, 2.75) is 19.3 Å².